The number of hydrogen-bond acceptors (Lipinski definition) is 4. The van der Waals surface area contributed by atoms with E-state index in [1.54, 1.807) is 68.4 Å². The SMILES string of the molecule is CC(C)(N)CNC(=O)c1ccccc1CS(=O)(=O)c1ccccc1.Cl. The maximum absolute atomic E-state index is 12.5. The lowest BCUT2D eigenvalue weighted by Gasteiger charge is -2.19. The molecule has 0 aromatic heterocycles. The van der Waals surface area contributed by atoms with E-state index in [0.29, 0.717) is 17.7 Å². The number of carbonyl (C=O) groups is 1. The first kappa shape index (κ1) is 21.2. The first-order valence-electron chi connectivity index (χ1n) is 7.62. The van der Waals surface area contributed by atoms with E-state index < -0.39 is 15.4 Å². The molecule has 0 saturated carbocycles. The molecule has 136 valence electrons. The number of sulfone groups is 1. The molecule has 5 nitrogen and oxygen atoms in total. The first-order valence-corrected chi connectivity index (χ1v) is 9.27. The highest BCUT2D eigenvalue weighted by atomic mass is 35.5. The fourth-order valence-electron chi connectivity index (χ4n) is 2.19. The Kier molecular flexibility index (Phi) is 7.17. The molecular weight excluding hydrogens is 360 g/mol. The summed E-state index contributed by atoms with van der Waals surface area (Å²) in [5.74, 6) is -0.556. The average molecular weight is 383 g/mol. The number of carbonyl (C=O) groups excluding carboxylic acids is 1. The van der Waals surface area contributed by atoms with Crippen LogP contribution in [0.1, 0.15) is 29.8 Å². The zero-order chi connectivity index (χ0) is 17.8. The Balaban J connectivity index is 0.00000312. The predicted octanol–water partition coefficient (Wildman–Crippen LogP) is 2.55. The summed E-state index contributed by atoms with van der Waals surface area (Å²) in [4.78, 5) is 12.6. The van der Waals surface area contributed by atoms with Gasteiger partial charge in [-0.25, -0.2) is 8.42 Å². The Morgan fingerprint density at radius 3 is 2.20 bits per heavy atom. The average Bonchev–Trinajstić information content (AvgIpc) is 2.53. The van der Waals surface area contributed by atoms with E-state index in [-0.39, 0.29) is 29.0 Å². The van der Waals surface area contributed by atoms with E-state index in [2.05, 4.69) is 5.32 Å². The third-order valence-electron chi connectivity index (χ3n) is 3.41. The molecule has 0 saturated heterocycles. The molecule has 0 heterocycles. The fourth-order valence-corrected chi connectivity index (χ4v) is 3.59. The molecule has 0 aliphatic heterocycles. The van der Waals surface area contributed by atoms with Crippen molar-refractivity contribution in [3.05, 3.63) is 65.7 Å². The highest BCUT2D eigenvalue weighted by Gasteiger charge is 2.20. The van der Waals surface area contributed by atoms with E-state index in [0.717, 1.165) is 0 Å². The van der Waals surface area contributed by atoms with Crippen molar-refractivity contribution >= 4 is 28.2 Å². The molecule has 0 fully saturated rings. The molecule has 0 radical (unpaired) electrons. The van der Waals surface area contributed by atoms with E-state index in [1.807, 2.05) is 0 Å². The molecule has 1 amide bonds. The summed E-state index contributed by atoms with van der Waals surface area (Å²) < 4.78 is 25.1. The Labute approximate surface area is 155 Å². The van der Waals surface area contributed by atoms with Gasteiger partial charge in [-0.1, -0.05) is 36.4 Å². The summed E-state index contributed by atoms with van der Waals surface area (Å²) >= 11 is 0. The van der Waals surface area contributed by atoms with Crippen molar-refractivity contribution < 1.29 is 13.2 Å². The van der Waals surface area contributed by atoms with Crippen LogP contribution < -0.4 is 11.1 Å². The molecule has 0 atom stereocenters. The van der Waals surface area contributed by atoms with Crippen LogP contribution in [-0.4, -0.2) is 26.4 Å². The smallest absolute Gasteiger partial charge is 0.251 e. The van der Waals surface area contributed by atoms with Crippen LogP contribution >= 0.6 is 12.4 Å². The van der Waals surface area contributed by atoms with Gasteiger partial charge in [0.2, 0.25) is 0 Å². The van der Waals surface area contributed by atoms with Gasteiger partial charge >= 0.3 is 0 Å². The molecule has 7 heteroatoms. The molecule has 2 aromatic rings. The lowest BCUT2D eigenvalue weighted by atomic mass is 10.1. The van der Waals surface area contributed by atoms with Crippen LogP contribution in [0.4, 0.5) is 0 Å². The predicted molar refractivity (Wildman–Crippen MR) is 102 cm³/mol. The van der Waals surface area contributed by atoms with Crippen molar-refractivity contribution in [2.45, 2.75) is 30.0 Å². The van der Waals surface area contributed by atoms with Crippen molar-refractivity contribution in [3.8, 4) is 0 Å². The molecule has 0 bridgehead atoms. The van der Waals surface area contributed by atoms with E-state index in [4.69, 9.17) is 5.73 Å². The largest absolute Gasteiger partial charge is 0.350 e. The summed E-state index contributed by atoms with van der Waals surface area (Å²) in [5, 5.41) is 2.75. The Morgan fingerprint density at radius 1 is 1.04 bits per heavy atom. The minimum absolute atomic E-state index is 0. The molecule has 3 N–H and O–H groups in total. The standard InChI is InChI=1S/C18H22N2O3S.ClH/c1-18(2,19)13-20-17(21)16-11-7-6-8-14(16)12-24(22,23)15-9-4-3-5-10-15;/h3-11H,12-13,19H2,1-2H3,(H,20,21);1H. The molecule has 0 aliphatic rings. The van der Waals surface area contributed by atoms with Gasteiger partial charge in [-0.05, 0) is 37.6 Å². The number of halogens is 1. The van der Waals surface area contributed by atoms with E-state index in [1.165, 1.54) is 0 Å². The first-order chi connectivity index (χ1) is 11.2. The quantitative estimate of drug-likeness (QED) is 0.803. The summed E-state index contributed by atoms with van der Waals surface area (Å²) in [6, 6.07) is 14.9. The van der Waals surface area contributed by atoms with Crippen LogP contribution in [0.25, 0.3) is 0 Å². The molecule has 2 aromatic carbocycles. The highest BCUT2D eigenvalue weighted by Crippen LogP contribution is 2.19. The van der Waals surface area contributed by atoms with Crippen LogP contribution in [0.2, 0.25) is 0 Å². The maximum Gasteiger partial charge on any atom is 0.251 e. The second-order valence-electron chi connectivity index (χ2n) is 6.40. The van der Waals surface area contributed by atoms with E-state index >= 15 is 0 Å². The van der Waals surface area contributed by atoms with Gasteiger partial charge in [0.1, 0.15) is 0 Å². The third-order valence-corrected chi connectivity index (χ3v) is 5.10. The van der Waals surface area contributed by atoms with Crippen LogP contribution in [0.3, 0.4) is 0 Å². The van der Waals surface area contributed by atoms with Crippen LogP contribution in [0, 0.1) is 0 Å². The van der Waals surface area contributed by atoms with Crippen molar-refractivity contribution in [1.82, 2.24) is 5.32 Å². The van der Waals surface area contributed by atoms with E-state index in [9.17, 15) is 13.2 Å². The normalized spacial score (nSPS) is 11.5. The van der Waals surface area contributed by atoms with Gasteiger partial charge in [0, 0.05) is 17.6 Å². The summed E-state index contributed by atoms with van der Waals surface area (Å²) in [5.41, 5.74) is 6.14. The van der Waals surface area contributed by atoms with Crippen molar-refractivity contribution in [1.29, 1.82) is 0 Å². The van der Waals surface area contributed by atoms with Crippen LogP contribution in [-0.2, 0) is 15.6 Å². The third kappa shape index (κ3) is 6.16. The Hall–Kier alpha value is -1.89. The number of benzene rings is 2. The van der Waals surface area contributed by atoms with Gasteiger partial charge in [0.05, 0.1) is 10.6 Å². The molecule has 0 spiro atoms. The summed E-state index contributed by atoms with van der Waals surface area (Å²) in [7, 11) is -3.52. The van der Waals surface area contributed by atoms with Gasteiger partial charge in [0.25, 0.3) is 5.91 Å². The number of rotatable bonds is 6. The van der Waals surface area contributed by atoms with Gasteiger partial charge in [-0.3, -0.25) is 4.79 Å². The second-order valence-corrected chi connectivity index (χ2v) is 8.39. The van der Waals surface area contributed by atoms with Crippen molar-refractivity contribution in [2.24, 2.45) is 5.73 Å². The maximum atomic E-state index is 12.5. The van der Waals surface area contributed by atoms with Crippen LogP contribution in [0.5, 0.6) is 0 Å². The number of nitrogens with two attached hydrogens (primary N) is 1. The zero-order valence-corrected chi connectivity index (χ0v) is 15.9. The van der Waals surface area contributed by atoms with Gasteiger partial charge < -0.3 is 11.1 Å². The van der Waals surface area contributed by atoms with Crippen molar-refractivity contribution in [2.75, 3.05) is 6.54 Å². The molecular formula is C18H23ClN2O3S. The zero-order valence-electron chi connectivity index (χ0n) is 14.2. The topological polar surface area (TPSA) is 89.3 Å². The minimum atomic E-state index is -3.52. The Bertz CT molecular complexity index is 816. The van der Waals surface area contributed by atoms with Gasteiger partial charge in [0.15, 0.2) is 9.84 Å². The lowest BCUT2D eigenvalue weighted by Crippen LogP contribution is -2.45. The number of amides is 1. The number of hydrogen-bond donors (Lipinski definition) is 2. The monoisotopic (exact) mass is 382 g/mol. The minimum Gasteiger partial charge on any atom is -0.350 e. The van der Waals surface area contributed by atoms with Gasteiger partial charge in [-0.15, -0.1) is 12.4 Å². The lowest BCUT2D eigenvalue weighted by molar-refractivity contribution is 0.0945. The molecule has 2 rings (SSSR count). The second kappa shape index (κ2) is 8.47. The summed E-state index contributed by atoms with van der Waals surface area (Å²) in [6.45, 7) is 3.91. The Morgan fingerprint density at radius 2 is 1.60 bits per heavy atom. The molecule has 25 heavy (non-hydrogen) atoms. The van der Waals surface area contributed by atoms with Crippen LogP contribution in [0.15, 0.2) is 59.5 Å². The van der Waals surface area contributed by atoms with Crippen molar-refractivity contribution in [3.63, 3.8) is 0 Å². The highest BCUT2D eigenvalue weighted by molar-refractivity contribution is 7.90. The molecule has 0 aliphatic carbocycles. The molecule has 0 unspecified atom stereocenters. The fraction of sp³-hybridized carbons (Fsp3) is 0.278. The summed E-state index contributed by atoms with van der Waals surface area (Å²) in [6.07, 6.45) is 0. The van der Waals surface area contributed by atoms with Gasteiger partial charge in [-0.2, -0.15) is 0 Å². The number of nitrogens with one attached hydrogen (secondary N) is 1.